The molecule has 292 valence electrons. The quantitative estimate of drug-likeness (QED) is 0.0562. The minimum atomic E-state index is -1.41. The number of Topliss-reactive ketones (excluding diaryl/α,β-unsaturated/α-hetero) is 2. The third-order valence-corrected chi connectivity index (χ3v) is 9.09. The van der Waals surface area contributed by atoms with Gasteiger partial charge in [-0.15, -0.1) is 0 Å². The summed E-state index contributed by atoms with van der Waals surface area (Å²) in [6.07, 6.45) is 0.567. The van der Waals surface area contributed by atoms with E-state index in [-0.39, 0.29) is 64.3 Å². The minimum absolute atomic E-state index is 0.0285. The predicted octanol–water partition coefficient (Wildman–Crippen LogP) is 6.98. The number of rotatable bonds is 16. The van der Waals surface area contributed by atoms with Crippen molar-refractivity contribution in [3.05, 3.63) is 137 Å². The van der Waals surface area contributed by atoms with Gasteiger partial charge < -0.3 is 40.7 Å². The lowest BCUT2D eigenvalue weighted by Crippen LogP contribution is -2.25. The van der Waals surface area contributed by atoms with E-state index in [2.05, 4.69) is 16.0 Å². The van der Waals surface area contributed by atoms with E-state index in [1.54, 1.807) is 55.5 Å². The summed E-state index contributed by atoms with van der Waals surface area (Å²) < 4.78 is 10.4. The van der Waals surface area contributed by atoms with Gasteiger partial charge in [-0.2, -0.15) is 0 Å². The highest BCUT2D eigenvalue weighted by atomic mass is 16.5. The van der Waals surface area contributed by atoms with Crippen LogP contribution >= 0.6 is 0 Å². The largest absolute Gasteiger partial charge is 0.504 e. The molecule has 0 aliphatic rings. The van der Waals surface area contributed by atoms with Crippen LogP contribution in [-0.4, -0.2) is 64.8 Å². The first-order valence-corrected chi connectivity index (χ1v) is 17.6. The Balaban J connectivity index is 1.18. The van der Waals surface area contributed by atoms with Gasteiger partial charge in [-0.3, -0.25) is 24.0 Å². The Morgan fingerprint density at radius 2 is 1.12 bits per heavy atom. The van der Waals surface area contributed by atoms with Crippen molar-refractivity contribution >= 4 is 52.3 Å². The van der Waals surface area contributed by atoms with E-state index in [1.165, 1.54) is 56.7 Å². The molecule has 6 N–H and O–H groups in total. The maximum absolute atomic E-state index is 13.2. The molecule has 0 fully saturated rings. The van der Waals surface area contributed by atoms with E-state index >= 15 is 0 Å². The van der Waals surface area contributed by atoms with Crippen LogP contribution in [-0.2, 0) is 11.2 Å². The molecule has 14 heteroatoms. The van der Waals surface area contributed by atoms with Crippen molar-refractivity contribution in [3.63, 3.8) is 0 Å². The lowest BCUT2D eigenvalue weighted by atomic mass is 9.94. The third-order valence-electron chi connectivity index (χ3n) is 9.09. The monoisotopic (exact) mass is 773 g/mol. The molecule has 0 saturated heterocycles. The van der Waals surface area contributed by atoms with Crippen LogP contribution in [0.4, 0.5) is 17.1 Å². The van der Waals surface area contributed by atoms with Crippen LogP contribution in [0.3, 0.4) is 0 Å². The Kier molecular flexibility index (Phi) is 13.0. The summed E-state index contributed by atoms with van der Waals surface area (Å²) in [6.45, 7) is 1.80. The highest BCUT2D eigenvalue weighted by molar-refractivity contribution is 6.10. The van der Waals surface area contributed by atoms with Gasteiger partial charge in [-0.05, 0) is 60.5 Å². The second kappa shape index (κ2) is 18.2. The number of ketones is 2. The number of anilines is 3. The topological polar surface area (TPSA) is 218 Å². The maximum Gasteiger partial charge on any atom is 0.339 e. The molecule has 14 nitrogen and oxygen atoms in total. The van der Waals surface area contributed by atoms with Crippen LogP contribution in [0.15, 0.2) is 103 Å². The first-order valence-electron chi connectivity index (χ1n) is 17.6. The van der Waals surface area contributed by atoms with E-state index < -0.39 is 40.8 Å². The molecule has 5 aromatic carbocycles. The van der Waals surface area contributed by atoms with Crippen molar-refractivity contribution in [2.24, 2.45) is 5.92 Å². The SMILES string of the molecule is CCC(CC(=O)c1ccc(CC(=O)c2ccccc2)cc1)C(=O)Nc1ccc(C(=O)Nc2ccc(C(=O)Nc3ccc(C(=O)O)c(O)c3OC)c(O)c2OC)cc1. The number of phenols is 2. The summed E-state index contributed by atoms with van der Waals surface area (Å²) >= 11 is 0. The molecular weight excluding hydrogens is 734 g/mol. The zero-order valence-electron chi connectivity index (χ0n) is 31.1. The van der Waals surface area contributed by atoms with E-state index in [1.807, 2.05) is 6.07 Å². The number of benzene rings is 5. The molecule has 0 bridgehead atoms. The van der Waals surface area contributed by atoms with Crippen LogP contribution in [0.2, 0.25) is 0 Å². The fourth-order valence-electron chi connectivity index (χ4n) is 5.93. The average molecular weight is 774 g/mol. The number of aromatic hydroxyl groups is 2. The molecule has 0 aliphatic heterocycles. The second-order valence-electron chi connectivity index (χ2n) is 12.8. The van der Waals surface area contributed by atoms with Gasteiger partial charge in [-0.1, -0.05) is 61.5 Å². The Bertz CT molecular complexity index is 2320. The maximum atomic E-state index is 13.2. The molecule has 3 amide bonds. The number of carboxylic acids is 1. The van der Waals surface area contributed by atoms with Crippen molar-refractivity contribution in [3.8, 4) is 23.0 Å². The summed E-state index contributed by atoms with van der Waals surface area (Å²) in [6, 6.07) is 26.5. The Morgan fingerprint density at radius 3 is 1.68 bits per heavy atom. The van der Waals surface area contributed by atoms with Gasteiger partial charge in [-0.25, -0.2) is 4.79 Å². The van der Waals surface area contributed by atoms with Gasteiger partial charge >= 0.3 is 5.97 Å². The Hall–Kier alpha value is -7.48. The molecule has 57 heavy (non-hydrogen) atoms. The van der Waals surface area contributed by atoms with E-state index in [0.717, 1.165) is 11.6 Å². The number of nitrogens with one attached hydrogen (secondary N) is 3. The average Bonchev–Trinajstić information content (AvgIpc) is 3.20. The number of hydrogen-bond acceptors (Lipinski definition) is 10. The number of methoxy groups -OCH3 is 2. The van der Waals surface area contributed by atoms with E-state index in [0.29, 0.717) is 23.2 Å². The van der Waals surface area contributed by atoms with Crippen LogP contribution in [0.25, 0.3) is 0 Å². The fourth-order valence-corrected chi connectivity index (χ4v) is 5.93. The number of ether oxygens (including phenoxy) is 2. The molecule has 1 atom stereocenters. The summed E-state index contributed by atoms with van der Waals surface area (Å²) in [4.78, 5) is 76.4. The normalized spacial score (nSPS) is 11.1. The van der Waals surface area contributed by atoms with Gasteiger partial charge in [0.2, 0.25) is 5.91 Å². The highest BCUT2D eigenvalue weighted by Crippen LogP contribution is 2.40. The number of amides is 3. The number of carbonyl (C=O) groups is 6. The van der Waals surface area contributed by atoms with Crippen molar-refractivity contribution < 1.29 is 53.6 Å². The van der Waals surface area contributed by atoms with Crippen LogP contribution in [0, 0.1) is 5.92 Å². The van der Waals surface area contributed by atoms with Crippen molar-refractivity contribution in [2.75, 3.05) is 30.2 Å². The number of phenolic OH excluding ortho intramolecular Hbond substituents is 1. The highest BCUT2D eigenvalue weighted by Gasteiger charge is 2.25. The lowest BCUT2D eigenvalue weighted by Gasteiger charge is -2.16. The van der Waals surface area contributed by atoms with E-state index in [9.17, 15) is 44.1 Å². The zero-order chi connectivity index (χ0) is 41.2. The number of carbonyl (C=O) groups excluding carboxylic acids is 5. The van der Waals surface area contributed by atoms with Crippen molar-refractivity contribution in [2.45, 2.75) is 26.2 Å². The first kappa shape index (κ1) is 40.7. The number of hydrogen-bond donors (Lipinski definition) is 6. The minimum Gasteiger partial charge on any atom is -0.504 e. The molecule has 5 aromatic rings. The summed E-state index contributed by atoms with van der Waals surface area (Å²) in [5, 5.41) is 38.3. The number of carboxylic acid groups (broad SMARTS) is 1. The standard InChI is InChI=1S/C43H39N3O11/c1-4-25(23-35(48)27-12-10-24(11-13-27)22-34(47)26-8-6-5-7-9-26)40(51)44-29-16-14-28(15-17-29)41(52)45-32-20-18-30(36(49)38(32)56-2)42(53)46-33-21-19-31(43(54)55)37(50)39(33)57-3/h5-21,25,49-50H,4,22-23H2,1-3H3,(H,44,51)(H,45,52)(H,46,53)(H,54,55). The molecular formula is C43H39N3O11. The van der Waals surface area contributed by atoms with Crippen LogP contribution < -0.4 is 25.4 Å². The smallest absolute Gasteiger partial charge is 0.339 e. The van der Waals surface area contributed by atoms with Crippen molar-refractivity contribution in [1.29, 1.82) is 0 Å². The summed E-state index contributed by atoms with van der Waals surface area (Å²) in [5.74, 6) is -5.98. The predicted molar refractivity (Wildman–Crippen MR) is 211 cm³/mol. The second-order valence-corrected chi connectivity index (χ2v) is 12.8. The first-order chi connectivity index (χ1) is 27.3. The molecule has 5 rings (SSSR count). The molecule has 1 unspecified atom stereocenters. The van der Waals surface area contributed by atoms with Gasteiger partial charge in [0.25, 0.3) is 11.8 Å². The van der Waals surface area contributed by atoms with Gasteiger partial charge in [0, 0.05) is 41.1 Å². The molecule has 0 saturated carbocycles. The zero-order valence-corrected chi connectivity index (χ0v) is 31.1. The van der Waals surface area contributed by atoms with E-state index in [4.69, 9.17) is 9.47 Å². The van der Waals surface area contributed by atoms with Crippen LogP contribution in [0.5, 0.6) is 23.0 Å². The van der Waals surface area contributed by atoms with Gasteiger partial charge in [0.05, 0.1) is 31.2 Å². The van der Waals surface area contributed by atoms with Crippen molar-refractivity contribution in [1.82, 2.24) is 0 Å². The fraction of sp³-hybridized carbons (Fsp3) is 0.163. The summed E-state index contributed by atoms with van der Waals surface area (Å²) in [7, 11) is 2.40. The number of aromatic carboxylic acids is 1. The lowest BCUT2D eigenvalue weighted by molar-refractivity contribution is -0.119. The molecule has 0 radical (unpaired) electrons. The van der Waals surface area contributed by atoms with Gasteiger partial charge in [0.15, 0.2) is 34.6 Å². The molecule has 0 spiro atoms. The Morgan fingerprint density at radius 1 is 0.596 bits per heavy atom. The van der Waals surface area contributed by atoms with Crippen LogP contribution in [0.1, 0.15) is 77.1 Å². The van der Waals surface area contributed by atoms with Gasteiger partial charge in [0.1, 0.15) is 5.56 Å². The third kappa shape index (κ3) is 9.61. The Labute approximate surface area is 327 Å². The summed E-state index contributed by atoms with van der Waals surface area (Å²) in [5.41, 5.74) is 1.63. The molecule has 0 aromatic heterocycles. The molecule has 0 aliphatic carbocycles. The molecule has 0 heterocycles.